The molecule has 0 bridgehead atoms. The molecule has 2 aromatic rings. The van der Waals surface area contributed by atoms with E-state index < -0.39 is 4.92 Å². The second kappa shape index (κ2) is 6.12. The molecule has 104 valence electrons. The van der Waals surface area contributed by atoms with Crippen LogP contribution in [-0.2, 0) is 6.54 Å². The summed E-state index contributed by atoms with van der Waals surface area (Å²) in [7, 11) is 0. The van der Waals surface area contributed by atoms with Crippen LogP contribution >= 0.6 is 0 Å². The number of aromatic amines is 1. The molecule has 0 radical (unpaired) electrons. The molecular formula is C14H16N4O2. The van der Waals surface area contributed by atoms with E-state index >= 15 is 0 Å². The number of nitrogens with one attached hydrogen (secondary N) is 1. The number of hydrogen-bond donors (Lipinski definition) is 1. The number of rotatable bonds is 7. The SMILES string of the molecule is C=CCN(CC=C)Cc1cc2cncc([N+](=O)[O-])c2[nH]1. The van der Waals surface area contributed by atoms with Crippen LogP contribution in [0.1, 0.15) is 5.69 Å². The second-order valence-electron chi connectivity index (χ2n) is 4.45. The third-order valence-electron chi connectivity index (χ3n) is 2.94. The zero-order valence-electron chi connectivity index (χ0n) is 11.1. The molecule has 6 heteroatoms. The van der Waals surface area contributed by atoms with Gasteiger partial charge in [-0.15, -0.1) is 13.2 Å². The van der Waals surface area contributed by atoms with Crippen molar-refractivity contribution in [1.29, 1.82) is 0 Å². The third kappa shape index (κ3) is 2.92. The van der Waals surface area contributed by atoms with E-state index in [1.54, 1.807) is 6.20 Å². The molecule has 0 saturated carbocycles. The Bertz CT molecular complexity index is 638. The molecule has 20 heavy (non-hydrogen) atoms. The first-order valence-corrected chi connectivity index (χ1v) is 6.20. The molecule has 1 N–H and O–H groups in total. The maximum Gasteiger partial charge on any atom is 0.311 e. The molecule has 2 aromatic heterocycles. The smallest absolute Gasteiger partial charge is 0.311 e. The normalized spacial score (nSPS) is 10.8. The molecule has 0 aliphatic rings. The zero-order chi connectivity index (χ0) is 14.5. The van der Waals surface area contributed by atoms with Crippen molar-refractivity contribution in [1.82, 2.24) is 14.9 Å². The quantitative estimate of drug-likeness (QED) is 0.477. The van der Waals surface area contributed by atoms with Gasteiger partial charge in [-0.1, -0.05) is 12.2 Å². The molecule has 0 spiro atoms. The zero-order valence-corrected chi connectivity index (χ0v) is 11.1. The highest BCUT2D eigenvalue weighted by Gasteiger charge is 2.15. The van der Waals surface area contributed by atoms with Crippen LogP contribution in [0.15, 0.2) is 43.8 Å². The molecule has 0 unspecified atom stereocenters. The first-order valence-electron chi connectivity index (χ1n) is 6.20. The molecule has 2 rings (SSSR count). The van der Waals surface area contributed by atoms with Crippen molar-refractivity contribution < 1.29 is 4.92 Å². The summed E-state index contributed by atoms with van der Waals surface area (Å²) < 4.78 is 0. The summed E-state index contributed by atoms with van der Waals surface area (Å²) >= 11 is 0. The first kappa shape index (κ1) is 14.0. The van der Waals surface area contributed by atoms with Gasteiger partial charge in [0, 0.05) is 36.9 Å². The van der Waals surface area contributed by atoms with E-state index in [1.165, 1.54) is 6.20 Å². The maximum atomic E-state index is 11.0. The number of hydrogen-bond acceptors (Lipinski definition) is 4. The van der Waals surface area contributed by atoms with Gasteiger partial charge in [0.05, 0.1) is 4.92 Å². The van der Waals surface area contributed by atoms with E-state index in [0.29, 0.717) is 12.1 Å². The van der Waals surface area contributed by atoms with Crippen LogP contribution in [-0.4, -0.2) is 32.9 Å². The van der Waals surface area contributed by atoms with E-state index in [4.69, 9.17) is 0 Å². The van der Waals surface area contributed by atoms with Crippen LogP contribution in [0.3, 0.4) is 0 Å². The van der Waals surface area contributed by atoms with Gasteiger partial charge < -0.3 is 4.98 Å². The number of H-pyrrole nitrogens is 1. The lowest BCUT2D eigenvalue weighted by Gasteiger charge is -2.17. The largest absolute Gasteiger partial charge is 0.352 e. The van der Waals surface area contributed by atoms with Crippen molar-refractivity contribution in [2.75, 3.05) is 13.1 Å². The van der Waals surface area contributed by atoms with Crippen molar-refractivity contribution >= 4 is 16.6 Å². The summed E-state index contributed by atoms with van der Waals surface area (Å²) in [6.07, 6.45) is 6.51. The molecular weight excluding hydrogens is 256 g/mol. The highest BCUT2D eigenvalue weighted by atomic mass is 16.6. The van der Waals surface area contributed by atoms with Crippen LogP contribution < -0.4 is 0 Å². The van der Waals surface area contributed by atoms with Crippen LogP contribution in [0, 0.1) is 10.1 Å². The second-order valence-corrected chi connectivity index (χ2v) is 4.45. The molecule has 0 fully saturated rings. The number of fused-ring (bicyclic) bond motifs is 1. The minimum atomic E-state index is -0.430. The Morgan fingerprint density at radius 2 is 2.05 bits per heavy atom. The fraction of sp³-hybridized carbons (Fsp3) is 0.214. The van der Waals surface area contributed by atoms with Gasteiger partial charge in [-0.05, 0) is 6.07 Å². The minimum Gasteiger partial charge on any atom is -0.352 e. The van der Waals surface area contributed by atoms with Gasteiger partial charge in [0.1, 0.15) is 11.7 Å². The van der Waals surface area contributed by atoms with Crippen molar-refractivity contribution in [2.24, 2.45) is 0 Å². The van der Waals surface area contributed by atoms with Gasteiger partial charge in [0.15, 0.2) is 0 Å². The lowest BCUT2D eigenvalue weighted by atomic mass is 10.3. The maximum absolute atomic E-state index is 11.0. The van der Waals surface area contributed by atoms with Gasteiger partial charge in [-0.2, -0.15) is 0 Å². The molecule has 0 atom stereocenters. The van der Waals surface area contributed by atoms with Crippen LogP contribution in [0.4, 0.5) is 5.69 Å². The summed E-state index contributed by atoms with van der Waals surface area (Å²) in [5.74, 6) is 0. The summed E-state index contributed by atoms with van der Waals surface area (Å²) in [4.78, 5) is 19.6. The predicted molar refractivity (Wildman–Crippen MR) is 78.4 cm³/mol. The monoisotopic (exact) mass is 272 g/mol. The molecule has 6 nitrogen and oxygen atoms in total. The minimum absolute atomic E-state index is 0.00672. The topological polar surface area (TPSA) is 75.1 Å². The molecule has 0 aliphatic heterocycles. The number of nitro groups is 1. The number of nitrogens with zero attached hydrogens (tertiary/aromatic N) is 3. The molecule has 2 heterocycles. The number of aromatic nitrogens is 2. The van der Waals surface area contributed by atoms with Crippen molar-refractivity contribution in [3.05, 3.63) is 59.6 Å². The van der Waals surface area contributed by atoms with Gasteiger partial charge in [0.25, 0.3) is 0 Å². The lowest BCUT2D eigenvalue weighted by molar-refractivity contribution is -0.383. The van der Waals surface area contributed by atoms with Crippen LogP contribution in [0.2, 0.25) is 0 Å². The van der Waals surface area contributed by atoms with Gasteiger partial charge in [0.2, 0.25) is 0 Å². The highest BCUT2D eigenvalue weighted by Crippen LogP contribution is 2.24. The molecule has 0 aliphatic carbocycles. The van der Waals surface area contributed by atoms with E-state index in [1.807, 2.05) is 18.2 Å². The molecule has 0 saturated heterocycles. The summed E-state index contributed by atoms with van der Waals surface area (Å²) in [6.45, 7) is 9.53. The summed E-state index contributed by atoms with van der Waals surface area (Å²) in [5.41, 5.74) is 1.41. The molecule has 0 amide bonds. The van der Waals surface area contributed by atoms with Gasteiger partial charge >= 0.3 is 5.69 Å². The highest BCUT2D eigenvalue weighted by molar-refractivity contribution is 5.87. The van der Waals surface area contributed by atoms with E-state index in [-0.39, 0.29) is 5.69 Å². The lowest BCUT2D eigenvalue weighted by Crippen LogP contribution is -2.23. The Hall–Kier alpha value is -2.47. The Balaban J connectivity index is 2.31. The fourth-order valence-electron chi connectivity index (χ4n) is 2.13. The Kier molecular flexibility index (Phi) is 4.27. The van der Waals surface area contributed by atoms with Crippen LogP contribution in [0.25, 0.3) is 10.9 Å². The summed E-state index contributed by atoms with van der Waals surface area (Å²) in [6, 6.07) is 1.88. The van der Waals surface area contributed by atoms with E-state index in [2.05, 4.69) is 28.0 Å². The average molecular weight is 272 g/mol. The summed E-state index contributed by atoms with van der Waals surface area (Å²) in [5, 5.41) is 11.7. The van der Waals surface area contributed by atoms with Crippen LogP contribution in [0.5, 0.6) is 0 Å². The first-order chi connectivity index (χ1) is 9.65. The Morgan fingerprint density at radius 3 is 2.65 bits per heavy atom. The fourth-order valence-corrected chi connectivity index (χ4v) is 2.13. The van der Waals surface area contributed by atoms with Gasteiger partial charge in [-0.25, -0.2) is 0 Å². The Labute approximate surface area is 116 Å². The molecule has 0 aromatic carbocycles. The van der Waals surface area contributed by atoms with Gasteiger partial charge in [-0.3, -0.25) is 20.0 Å². The Morgan fingerprint density at radius 1 is 1.35 bits per heavy atom. The average Bonchev–Trinajstić information content (AvgIpc) is 2.81. The van der Waals surface area contributed by atoms with Crippen molar-refractivity contribution in [3.63, 3.8) is 0 Å². The van der Waals surface area contributed by atoms with E-state index in [0.717, 1.165) is 24.2 Å². The van der Waals surface area contributed by atoms with E-state index in [9.17, 15) is 10.1 Å². The third-order valence-corrected chi connectivity index (χ3v) is 2.94. The predicted octanol–water partition coefficient (Wildman–Crippen LogP) is 2.65. The standard InChI is InChI=1S/C14H16N4O2/c1-3-5-17(6-4-2)10-12-7-11-8-15-9-13(18(19)20)14(11)16-12/h3-4,7-9,16H,1-2,5-6,10H2. The van der Waals surface area contributed by atoms with Crippen molar-refractivity contribution in [2.45, 2.75) is 6.54 Å². The number of pyridine rings is 1. The van der Waals surface area contributed by atoms with Crippen molar-refractivity contribution in [3.8, 4) is 0 Å².